The molecule has 0 aliphatic carbocycles. The highest BCUT2D eigenvalue weighted by Crippen LogP contribution is 2.32. The van der Waals surface area contributed by atoms with Crippen molar-refractivity contribution < 1.29 is 22.6 Å². The third-order valence-corrected chi connectivity index (χ3v) is 2.11. The normalized spacial score (nSPS) is 12.9. The van der Waals surface area contributed by atoms with Gasteiger partial charge in [0.2, 0.25) is 0 Å². The Morgan fingerprint density at radius 3 is 2.29 bits per heavy atom. The fourth-order valence-corrected chi connectivity index (χ4v) is 1.05. The highest BCUT2D eigenvalue weighted by Gasteiger charge is 2.32. The average molecular weight is 265 g/mol. The molecule has 1 aromatic carbocycles. The van der Waals surface area contributed by atoms with Crippen molar-refractivity contribution >= 4 is 17.2 Å². The van der Waals surface area contributed by atoms with Gasteiger partial charge >= 0.3 is 6.36 Å². The molecule has 1 atom stereocenters. The zero-order valence-corrected chi connectivity index (χ0v) is 9.64. The summed E-state index contributed by atoms with van der Waals surface area (Å²) >= 11 is 4.66. The van der Waals surface area contributed by atoms with Gasteiger partial charge in [0, 0.05) is 0 Å². The number of halogens is 3. The van der Waals surface area contributed by atoms with Crippen LogP contribution in [0.25, 0.3) is 0 Å². The molecule has 0 saturated heterocycles. The van der Waals surface area contributed by atoms with Crippen LogP contribution in [-0.4, -0.2) is 17.5 Å². The predicted octanol–water partition coefficient (Wildman–Crippen LogP) is 2.64. The van der Waals surface area contributed by atoms with Crippen LogP contribution < -0.4 is 15.2 Å². The number of rotatable bonds is 4. The molecule has 0 aromatic heterocycles. The maximum Gasteiger partial charge on any atom is 0.573 e. The largest absolute Gasteiger partial charge is 0.573 e. The summed E-state index contributed by atoms with van der Waals surface area (Å²) in [5.74, 6) is -0.492. The minimum Gasteiger partial charge on any atom is -0.480 e. The number of nitrogens with two attached hydrogens (primary N) is 1. The molecular weight excluding hydrogens is 255 g/mol. The highest BCUT2D eigenvalue weighted by molar-refractivity contribution is 7.80. The number of thiocarbonyl (C=S) groups is 1. The third kappa shape index (κ3) is 4.48. The molecule has 2 N–H and O–H groups in total. The van der Waals surface area contributed by atoms with Gasteiger partial charge in [-0.15, -0.1) is 13.2 Å². The molecule has 17 heavy (non-hydrogen) atoms. The zero-order chi connectivity index (χ0) is 13.1. The summed E-state index contributed by atoms with van der Waals surface area (Å²) < 4.78 is 45.2. The first kappa shape index (κ1) is 13.6. The van der Waals surface area contributed by atoms with E-state index in [2.05, 4.69) is 17.0 Å². The van der Waals surface area contributed by atoms with Crippen molar-refractivity contribution in [1.29, 1.82) is 0 Å². The fourth-order valence-electron chi connectivity index (χ4n) is 1.01. The van der Waals surface area contributed by atoms with Crippen LogP contribution in [-0.2, 0) is 0 Å². The molecule has 0 saturated carbocycles. The lowest BCUT2D eigenvalue weighted by Crippen LogP contribution is -2.29. The van der Waals surface area contributed by atoms with E-state index in [-0.39, 0.29) is 10.7 Å². The summed E-state index contributed by atoms with van der Waals surface area (Å²) in [5.41, 5.74) is 5.30. The topological polar surface area (TPSA) is 44.5 Å². The highest BCUT2D eigenvalue weighted by atomic mass is 32.1. The molecule has 0 bridgehead atoms. The summed E-state index contributed by atoms with van der Waals surface area (Å²) in [7, 11) is 0. The molecular formula is C10H10F3NO2S. The number of para-hydroxylation sites is 2. The molecule has 3 nitrogen and oxygen atoms in total. The molecule has 0 aliphatic rings. The van der Waals surface area contributed by atoms with Crippen molar-refractivity contribution in [2.75, 3.05) is 0 Å². The van der Waals surface area contributed by atoms with Gasteiger partial charge in [0.25, 0.3) is 0 Å². The molecule has 0 spiro atoms. The van der Waals surface area contributed by atoms with Gasteiger partial charge in [-0.1, -0.05) is 24.4 Å². The van der Waals surface area contributed by atoms with Crippen molar-refractivity contribution in [2.45, 2.75) is 19.4 Å². The molecule has 1 aromatic rings. The van der Waals surface area contributed by atoms with E-state index in [1.54, 1.807) is 0 Å². The van der Waals surface area contributed by atoms with Crippen LogP contribution in [0.4, 0.5) is 13.2 Å². The molecule has 1 unspecified atom stereocenters. The SMILES string of the molecule is CC(Oc1ccccc1OC(F)(F)F)C(N)=S. The monoisotopic (exact) mass is 265 g/mol. The zero-order valence-electron chi connectivity index (χ0n) is 8.82. The van der Waals surface area contributed by atoms with Crippen molar-refractivity contribution in [3.63, 3.8) is 0 Å². The summed E-state index contributed by atoms with van der Waals surface area (Å²) in [6.45, 7) is 1.53. The number of ether oxygens (including phenoxy) is 2. The lowest BCUT2D eigenvalue weighted by molar-refractivity contribution is -0.275. The number of benzene rings is 1. The Hall–Kier alpha value is -1.50. The van der Waals surface area contributed by atoms with Crippen molar-refractivity contribution in [1.82, 2.24) is 0 Å². The predicted molar refractivity (Wildman–Crippen MR) is 60.0 cm³/mol. The van der Waals surface area contributed by atoms with Crippen LogP contribution in [0.3, 0.4) is 0 Å². The Morgan fingerprint density at radius 1 is 1.29 bits per heavy atom. The first-order valence-corrected chi connectivity index (χ1v) is 5.01. The standard InChI is InChI=1S/C10H10F3NO2S/c1-6(9(14)17)15-7-4-2-3-5-8(7)16-10(11,12)13/h2-6H,1H3,(H2,14,17). The number of alkyl halides is 3. The molecule has 0 fully saturated rings. The van der Waals surface area contributed by atoms with E-state index >= 15 is 0 Å². The summed E-state index contributed by atoms with van der Waals surface area (Å²) in [5, 5.41) is 0. The van der Waals surface area contributed by atoms with Crippen LogP contribution >= 0.6 is 12.2 Å². The van der Waals surface area contributed by atoms with Crippen LogP contribution in [0, 0.1) is 0 Å². The van der Waals surface area contributed by atoms with Crippen LogP contribution in [0.5, 0.6) is 11.5 Å². The Bertz CT molecular complexity index is 409. The number of hydrogen-bond donors (Lipinski definition) is 1. The van der Waals surface area contributed by atoms with Gasteiger partial charge in [0.15, 0.2) is 11.5 Å². The van der Waals surface area contributed by atoms with Gasteiger partial charge in [-0.25, -0.2) is 0 Å². The van der Waals surface area contributed by atoms with Crippen molar-refractivity contribution in [3.8, 4) is 11.5 Å². The summed E-state index contributed by atoms with van der Waals surface area (Å²) in [4.78, 5) is 0.0480. The minimum absolute atomic E-state index is 0.0480. The van der Waals surface area contributed by atoms with Gasteiger partial charge in [-0.3, -0.25) is 0 Å². The Labute approximate surface area is 101 Å². The van der Waals surface area contributed by atoms with Crippen molar-refractivity contribution in [3.05, 3.63) is 24.3 Å². The second kappa shape index (κ2) is 5.22. The van der Waals surface area contributed by atoms with Crippen LogP contribution in [0.2, 0.25) is 0 Å². The lowest BCUT2D eigenvalue weighted by Gasteiger charge is -2.17. The Balaban J connectivity index is 2.88. The molecule has 0 aliphatic heterocycles. The Morgan fingerprint density at radius 2 is 1.82 bits per heavy atom. The van der Waals surface area contributed by atoms with Gasteiger partial charge in [0.05, 0.1) is 0 Å². The van der Waals surface area contributed by atoms with Gasteiger partial charge < -0.3 is 15.2 Å². The van der Waals surface area contributed by atoms with E-state index in [9.17, 15) is 13.2 Å². The molecule has 1 rings (SSSR count). The summed E-state index contributed by atoms with van der Waals surface area (Å²) in [6, 6.07) is 5.41. The number of hydrogen-bond acceptors (Lipinski definition) is 3. The van der Waals surface area contributed by atoms with Crippen LogP contribution in [0.15, 0.2) is 24.3 Å². The first-order chi connectivity index (χ1) is 7.79. The first-order valence-electron chi connectivity index (χ1n) is 4.60. The summed E-state index contributed by atoms with van der Waals surface area (Å²) in [6.07, 6.45) is -5.45. The maximum absolute atomic E-state index is 12.1. The van der Waals surface area contributed by atoms with Crippen LogP contribution in [0.1, 0.15) is 6.92 Å². The van der Waals surface area contributed by atoms with E-state index in [0.717, 1.165) is 6.07 Å². The van der Waals surface area contributed by atoms with E-state index in [0.29, 0.717) is 0 Å². The van der Waals surface area contributed by atoms with E-state index in [1.165, 1.54) is 25.1 Å². The van der Waals surface area contributed by atoms with Gasteiger partial charge in [-0.2, -0.15) is 0 Å². The second-order valence-corrected chi connectivity index (χ2v) is 3.63. The van der Waals surface area contributed by atoms with E-state index in [4.69, 9.17) is 10.5 Å². The Kier molecular flexibility index (Phi) is 4.17. The molecule has 0 amide bonds. The molecule has 94 valence electrons. The maximum atomic E-state index is 12.1. The lowest BCUT2D eigenvalue weighted by atomic mass is 10.3. The van der Waals surface area contributed by atoms with Gasteiger partial charge in [0.1, 0.15) is 11.1 Å². The average Bonchev–Trinajstić information content (AvgIpc) is 2.18. The van der Waals surface area contributed by atoms with Crippen molar-refractivity contribution in [2.24, 2.45) is 5.73 Å². The molecule has 7 heteroatoms. The fraction of sp³-hybridized carbons (Fsp3) is 0.300. The van der Waals surface area contributed by atoms with Gasteiger partial charge in [-0.05, 0) is 19.1 Å². The second-order valence-electron chi connectivity index (χ2n) is 3.16. The van der Waals surface area contributed by atoms with E-state index in [1.807, 2.05) is 0 Å². The molecule has 0 heterocycles. The minimum atomic E-state index is -4.77. The third-order valence-electron chi connectivity index (χ3n) is 1.78. The molecule has 0 radical (unpaired) electrons. The quantitative estimate of drug-likeness (QED) is 0.850. The smallest absolute Gasteiger partial charge is 0.480 e. The van der Waals surface area contributed by atoms with E-state index < -0.39 is 18.2 Å².